The quantitative estimate of drug-likeness (QED) is 0.641. The van der Waals surface area contributed by atoms with Gasteiger partial charge in [-0.1, -0.05) is 6.08 Å². The second kappa shape index (κ2) is 4.21. The van der Waals surface area contributed by atoms with Crippen molar-refractivity contribution in [2.45, 2.75) is 0 Å². The number of rotatable bonds is 3. The minimum Gasteiger partial charge on any atom is -0.355 e. The molecular formula is C9H10N4. The fourth-order valence-electron chi connectivity index (χ4n) is 0.881. The molecule has 1 aromatic heterocycles. The van der Waals surface area contributed by atoms with Crippen molar-refractivity contribution in [1.29, 1.82) is 5.26 Å². The third kappa shape index (κ3) is 2.27. The van der Waals surface area contributed by atoms with E-state index in [1.807, 2.05) is 18.0 Å². The number of nitriles is 1. The maximum Gasteiger partial charge on any atom is 0.161 e. The highest BCUT2D eigenvalue weighted by Crippen LogP contribution is 2.06. The number of nitrogens with zero attached hydrogens (tertiary/aromatic N) is 4. The standard InChI is InChI=1S/C9H10N4/c1-3-4-13(2)9-7-11-6-8(5-10)12-9/h3,6-7H,1,4H2,2H3. The minimum absolute atomic E-state index is 0.327. The van der Waals surface area contributed by atoms with Gasteiger partial charge < -0.3 is 4.90 Å². The first kappa shape index (κ1) is 9.20. The van der Waals surface area contributed by atoms with Crippen molar-refractivity contribution >= 4 is 5.82 Å². The van der Waals surface area contributed by atoms with Gasteiger partial charge >= 0.3 is 0 Å². The van der Waals surface area contributed by atoms with E-state index in [1.165, 1.54) is 6.20 Å². The van der Waals surface area contributed by atoms with E-state index < -0.39 is 0 Å². The van der Waals surface area contributed by atoms with Crippen LogP contribution in [0.1, 0.15) is 5.69 Å². The largest absolute Gasteiger partial charge is 0.355 e. The molecule has 0 amide bonds. The van der Waals surface area contributed by atoms with Gasteiger partial charge in [0.2, 0.25) is 0 Å². The normalized spacial score (nSPS) is 8.92. The summed E-state index contributed by atoms with van der Waals surface area (Å²) in [6.45, 7) is 4.30. The van der Waals surface area contributed by atoms with E-state index in [9.17, 15) is 0 Å². The lowest BCUT2D eigenvalue weighted by Gasteiger charge is -2.14. The van der Waals surface area contributed by atoms with Gasteiger partial charge in [0.05, 0.1) is 12.4 Å². The van der Waals surface area contributed by atoms with Gasteiger partial charge in [-0.2, -0.15) is 5.26 Å². The van der Waals surface area contributed by atoms with Gasteiger partial charge in [0.1, 0.15) is 11.9 Å². The van der Waals surface area contributed by atoms with E-state index >= 15 is 0 Å². The second-order valence-corrected chi connectivity index (χ2v) is 2.54. The van der Waals surface area contributed by atoms with Crippen molar-refractivity contribution < 1.29 is 0 Å². The Morgan fingerprint density at radius 2 is 2.46 bits per heavy atom. The second-order valence-electron chi connectivity index (χ2n) is 2.54. The molecule has 0 spiro atoms. The SMILES string of the molecule is C=CCN(C)c1cncc(C#N)n1. The number of anilines is 1. The molecule has 0 fully saturated rings. The van der Waals surface area contributed by atoms with E-state index in [0.29, 0.717) is 18.1 Å². The summed E-state index contributed by atoms with van der Waals surface area (Å²) in [6, 6.07) is 1.94. The summed E-state index contributed by atoms with van der Waals surface area (Å²) in [5.74, 6) is 0.680. The van der Waals surface area contributed by atoms with Crippen LogP contribution in [0.3, 0.4) is 0 Å². The fourth-order valence-corrected chi connectivity index (χ4v) is 0.881. The van der Waals surface area contributed by atoms with Crippen molar-refractivity contribution in [1.82, 2.24) is 9.97 Å². The van der Waals surface area contributed by atoms with Crippen LogP contribution in [0.25, 0.3) is 0 Å². The van der Waals surface area contributed by atoms with Crippen molar-refractivity contribution in [3.63, 3.8) is 0 Å². The fraction of sp³-hybridized carbons (Fsp3) is 0.222. The van der Waals surface area contributed by atoms with Crippen LogP contribution in [0, 0.1) is 11.3 Å². The molecule has 66 valence electrons. The molecule has 13 heavy (non-hydrogen) atoms. The smallest absolute Gasteiger partial charge is 0.161 e. The molecule has 0 atom stereocenters. The Kier molecular flexibility index (Phi) is 2.98. The average Bonchev–Trinajstić information content (AvgIpc) is 2.18. The number of likely N-dealkylation sites (N-methyl/N-ethyl adjacent to an activating group) is 1. The number of aromatic nitrogens is 2. The molecule has 0 saturated carbocycles. The lowest BCUT2D eigenvalue weighted by Crippen LogP contribution is -2.18. The molecule has 0 aromatic carbocycles. The molecule has 0 saturated heterocycles. The van der Waals surface area contributed by atoms with E-state index in [4.69, 9.17) is 5.26 Å². The highest BCUT2D eigenvalue weighted by molar-refractivity contribution is 5.37. The maximum absolute atomic E-state index is 8.58. The third-order valence-electron chi connectivity index (χ3n) is 1.53. The van der Waals surface area contributed by atoms with E-state index in [1.54, 1.807) is 12.3 Å². The molecule has 1 heterocycles. The van der Waals surface area contributed by atoms with Crippen molar-refractivity contribution in [2.75, 3.05) is 18.5 Å². The molecule has 0 radical (unpaired) electrons. The van der Waals surface area contributed by atoms with Crippen LogP contribution in [0.15, 0.2) is 25.0 Å². The van der Waals surface area contributed by atoms with Crippen LogP contribution in [0.5, 0.6) is 0 Å². The van der Waals surface area contributed by atoms with Gasteiger partial charge in [0.25, 0.3) is 0 Å². The van der Waals surface area contributed by atoms with E-state index in [-0.39, 0.29) is 0 Å². The van der Waals surface area contributed by atoms with Gasteiger partial charge in [0, 0.05) is 13.6 Å². The van der Waals surface area contributed by atoms with Crippen LogP contribution in [0.4, 0.5) is 5.82 Å². The molecule has 0 aliphatic heterocycles. The van der Waals surface area contributed by atoms with Gasteiger partial charge in [-0.25, -0.2) is 4.98 Å². The van der Waals surface area contributed by atoms with Crippen LogP contribution < -0.4 is 4.90 Å². The van der Waals surface area contributed by atoms with Gasteiger partial charge in [-0.05, 0) is 0 Å². The lowest BCUT2D eigenvalue weighted by atomic mass is 10.4. The van der Waals surface area contributed by atoms with Crippen LogP contribution >= 0.6 is 0 Å². The topological polar surface area (TPSA) is 52.8 Å². The third-order valence-corrected chi connectivity index (χ3v) is 1.53. The molecule has 0 bridgehead atoms. The summed E-state index contributed by atoms with van der Waals surface area (Å²) in [6.07, 6.45) is 4.82. The zero-order valence-electron chi connectivity index (χ0n) is 7.44. The maximum atomic E-state index is 8.58. The van der Waals surface area contributed by atoms with Crippen molar-refractivity contribution in [2.24, 2.45) is 0 Å². The molecule has 0 aliphatic rings. The van der Waals surface area contributed by atoms with Gasteiger partial charge in [-0.3, -0.25) is 4.98 Å². The Morgan fingerprint density at radius 1 is 1.69 bits per heavy atom. The summed E-state index contributed by atoms with van der Waals surface area (Å²) < 4.78 is 0. The minimum atomic E-state index is 0.327. The number of hydrogen-bond acceptors (Lipinski definition) is 4. The number of hydrogen-bond donors (Lipinski definition) is 0. The first-order chi connectivity index (χ1) is 6.27. The molecule has 0 N–H and O–H groups in total. The zero-order valence-corrected chi connectivity index (χ0v) is 7.44. The van der Waals surface area contributed by atoms with Crippen LogP contribution in [-0.4, -0.2) is 23.6 Å². The molecule has 1 rings (SSSR count). The monoisotopic (exact) mass is 174 g/mol. The molecule has 4 nitrogen and oxygen atoms in total. The molecule has 1 aromatic rings. The predicted molar refractivity (Wildman–Crippen MR) is 50.2 cm³/mol. The molecule has 4 heteroatoms. The Labute approximate surface area is 77.2 Å². The molecule has 0 unspecified atom stereocenters. The summed E-state index contributed by atoms with van der Waals surface area (Å²) in [5.41, 5.74) is 0.327. The molecular weight excluding hydrogens is 164 g/mol. The van der Waals surface area contributed by atoms with Crippen LogP contribution in [-0.2, 0) is 0 Å². The first-order valence-corrected chi connectivity index (χ1v) is 3.82. The lowest BCUT2D eigenvalue weighted by molar-refractivity contribution is 0.969. The Hall–Kier alpha value is -1.89. The summed E-state index contributed by atoms with van der Waals surface area (Å²) >= 11 is 0. The van der Waals surface area contributed by atoms with Gasteiger partial charge in [-0.15, -0.1) is 6.58 Å². The Balaban J connectivity index is 2.89. The highest BCUT2D eigenvalue weighted by Gasteiger charge is 2.01. The highest BCUT2D eigenvalue weighted by atomic mass is 15.2. The van der Waals surface area contributed by atoms with Crippen molar-refractivity contribution in [3.8, 4) is 6.07 Å². The molecule has 0 aliphatic carbocycles. The van der Waals surface area contributed by atoms with Gasteiger partial charge in [0.15, 0.2) is 5.69 Å². The average molecular weight is 174 g/mol. The Bertz CT molecular complexity index is 340. The zero-order chi connectivity index (χ0) is 9.68. The first-order valence-electron chi connectivity index (χ1n) is 3.82. The summed E-state index contributed by atoms with van der Waals surface area (Å²) in [4.78, 5) is 9.82. The summed E-state index contributed by atoms with van der Waals surface area (Å²) in [7, 11) is 1.87. The predicted octanol–water partition coefficient (Wildman–Crippen LogP) is 0.970. The van der Waals surface area contributed by atoms with E-state index in [0.717, 1.165) is 0 Å². The summed E-state index contributed by atoms with van der Waals surface area (Å²) in [5, 5.41) is 8.58. The van der Waals surface area contributed by atoms with Crippen LogP contribution in [0.2, 0.25) is 0 Å². The van der Waals surface area contributed by atoms with Crippen molar-refractivity contribution in [3.05, 3.63) is 30.7 Å². The Morgan fingerprint density at radius 3 is 3.08 bits per heavy atom. The van der Waals surface area contributed by atoms with E-state index in [2.05, 4.69) is 16.5 Å².